The fraction of sp³-hybridized carbons (Fsp3) is 0.459. The molecule has 0 aliphatic carbocycles. The Morgan fingerprint density at radius 2 is 1.09 bits per heavy atom. The van der Waals surface area contributed by atoms with Gasteiger partial charge in [-0.25, -0.2) is 18.4 Å². The summed E-state index contributed by atoms with van der Waals surface area (Å²) in [4.78, 5) is 50.6. The molecule has 1 N–H and O–H groups in total. The van der Waals surface area contributed by atoms with Gasteiger partial charge < -0.3 is 28.8 Å². The molecule has 2 aromatic carbocycles. The van der Waals surface area contributed by atoms with E-state index in [1.807, 2.05) is 0 Å². The van der Waals surface area contributed by atoms with Crippen molar-refractivity contribution in [2.45, 2.75) is 76.3 Å². The summed E-state index contributed by atoms with van der Waals surface area (Å²) in [5, 5.41) is 9.19. The Morgan fingerprint density at radius 1 is 0.698 bits per heavy atom. The Labute approximate surface area is 311 Å². The molecule has 2 heterocycles. The van der Waals surface area contributed by atoms with Gasteiger partial charge in [0.15, 0.2) is 13.6 Å². The van der Waals surface area contributed by atoms with Crippen LogP contribution in [0, 0.1) is 0 Å². The van der Waals surface area contributed by atoms with Crippen molar-refractivity contribution >= 4 is 39.9 Å². The van der Waals surface area contributed by atoms with Crippen LogP contribution in [0.25, 0.3) is 0 Å². The summed E-state index contributed by atoms with van der Waals surface area (Å²) in [6.07, 6.45) is 1.44. The van der Waals surface area contributed by atoms with E-state index in [4.69, 9.17) is 18.9 Å². The minimum atomic E-state index is -1.25. The molecule has 2 aromatic rings. The minimum absolute atomic E-state index is 0.0126. The van der Waals surface area contributed by atoms with Crippen molar-refractivity contribution in [3.05, 3.63) is 83.7 Å². The number of para-hydroxylation sites is 2. The number of hydrogen-bond acceptors (Lipinski definition) is 9. The van der Waals surface area contributed by atoms with Crippen LogP contribution in [0.5, 0.6) is 11.5 Å². The highest BCUT2D eigenvalue weighted by Gasteiger charge is 2.38. The summed E-state index contributed by atoms with van der Waals surface area (Å²) in [6.45, 7) is 14.7. The second kappa shape index (κ2) is 19.6. The van der Waals surface area contributed by atoms with Crippen LogP contribution in [0.4, 0.5) is 8.78 Å². The Morgan fingerprint density at radius 3 is 1.49 bits per heavy atom. The highest BCUT2D eigenvalue weighted by atomic mass is 28.3. The molecule has 0 radical (unpaired) electrons. The van der Waals surface area contributed by atoms with Crippen LogP contribution >= 0.6 is 0 Å². The second-order valence-electron chi connectivity index (χ2n) is 14.8. The van der Waals surface area contributed by atoms with Gasteiger partial charge in [0, 0.05) is 54.6 Å². The van der Waals surface area contributed by atoms with Gasteiger partial charge >= 0.3 is 11.9 Å². The quantitative estimate of drug-likeness (QED) is 0.0815. The van der Waals surface area contributed by atoms with Gasteiger partial charge in [0.2, 0.25) is 0 Å². The third-order valence-electron chi connectivity index (χ3n) is 8.06. The van der Waals surface area contributed by atoms with E-state index in [1.165, 1.54) is 13.2 Å². The molecule has 4 rings (SSSR count). The lowest BCUT2D eigenvalue weighted by Crippen LogP contribution is -2.39. The third-order valence-corrected chi connectivity index (χ3v) is 11.5. The predicted octanol–water partition coefficient (Wildman–Crippen LogP) is 7.06. The van der Waals surface area contributed by atoms with E-state index >= 15 is 0 Å². The first-order valence-electron chi connectivity index (χ1n) is 17.2. The van der Waals surface area contributed by atoms with Gasteiger partial charge in [-0.3, -0.25) is 19.4 Å². The van der Waals surface area contributed by atoms with E-state index in [0.717, 1.165) is 34.3 Å². The number of aliphatic carboxylic acids is 1. The summed E-state index contributed by atoms with van der Waals surface area (Å²) < 4.78 is 54.0. The maximum Gasteiger partial charge on any atom is 0.329 e. The van der Waals surface area contributed by atoms with Crippen LogP contribution < -0.4 is 9.47 Å². The average Bonchev–Trinajstić information content (AvgIpc) is 3.69. The molecular weight excluding hydrogens is 727 g/mol. The lowest BCUT2D eigenvalue weighted by Gasteiger charge is -2.22. The van der Waals surface area contributed by atoms with E-state index in [2.05, 4.69) is 44.0 Å². The molecule has 290 valence electrons. The summed E-state index contributed by atoms with van der Waals surface area (Å²) in [6, 6.07) is 12.8. The van der Waals surface area contributed by atoms with Gasteiger partial charge in [-0.1, -0.05) is 63.5 Å². The Balaban J connectivity index is 0.000000286. The number of methoxy groups -OCH3 is 1. The maximum atomic E-state index is 13.7. The van der Waals surface area contributed by atoms with Crippen LogP contribution in [0.1, 0.15) is 33.6 Å². The minimum Gasteiger partial charge on any atom is -0.480 e. The Kier molecular flexibility index (Phi) is 15.9. The van der Waals surface area contributed by atoms with Gasteiger partial charge in [0.1, 0.15) is 35.2 Å². The van der Waals surface area contributed by atoms with E-state index in [-0.39, 0.29) is 43.3 Å². The smallest absolute Gasteiger partial charge is 0.329 e. The molecule has 53 heavy (non-hydrogen) atoms. The number of carboxylic acid groups (broad SMARTS) is 1. The van der Waals surface area contributed by atoms with Crippen molar-refractivity contribution in [2.24, 2.45) is 0 Å². The van der Waals surface area contributed by atoms with Crippen molar-refractivity contribution in [3.8, 4) is 11.5 Å². The number of rotatable bonds is 16. The van der Waals surface area contributed by atoms with Crippen molar-refractivity contribution < 1.29 is 56.7 Å². The van der Waals surface area contributed by atoms with Crippen molar-refractivity contribution in [3.63, 3.8) is 0 Å². The SMILES string of the molecule is COC(=O)[C@@H]1CC(F)=CN1C(=O)c1ccccc1OCOCC[Si](C)(C)C.C[Si](C)(C)CCOCOc1ccccc1C(=O)N1C=C(F)C[C@H]1C(=O)O. The standard InChI is InChI=1S/C19H26FNO5Si.C18H24FNO5Si/c1-24-19(23)16-11-14(20)12-21(16)18(22)15-7-5-6-8-17(15)26-13-25-9-10-27(2,3)4;1-26(2,3)9-8-24-12-25-16-7-5-4-6-14(16)17(21)20-11-13(19)10-15(20)18(22)23/h5-8,12,16H,9-11,13H2,1-4H3;4-7,11,15H,8-10,12H2,1-3H3,(H,22,23)/t16-;15-/m00/s1. The number of amides is 2. The zero-order valence-electron chi connectivity index (χ0n) is 31.4. The number of nitrogens with zero attached hydrogens (tertiary/aromatic N) is 2. The summed E-state index contributed by atoms with van der Waals surface area (Å²) in [7, 11) is -1.18. The van der Waals surface area contributed by atoms with E-state index in [9.17, 15) is 33.1 Å². The molecular formula is C37H50F2N2O10Si2. The molecule has 0 saturated carbocycles. The molecule has 0 bridgehead atoms. The second-order valence-corrected chi connectivity index (χ2v) is 26.1. The first-order valence-corrected chi connectivity index (χ1v) is 24.6. The fourth-order valence-electron chi connectivity index (χ4n) is 4.99. The monoisotopic (exact) mass is 776 g/mol. The topological polar surface area (TPSA) is 141 Å². The first-order chi connectivity index (χ1) is 24.9. The highest BCUT2D eigenvalue weighted by Crippen LogP contribution is 2.30. The summed E-state index contributed by atoms with van der Waals surface area (Å²) >= 11 is 0. The molecule has 0 fully saturated rings. The number of carboxylic acids is 1. The van der Waals surface area contributed by atoms with Crippen LogP contribution in [0.3, 0.4) is 0 Å². The van der Waals surface area contributed by atoms with Crippen LogP contribution in [0.2, 0.25) is 51.4 Å². The van der Waals surface area contributed by atoms with Gasteiger partial charge in [-0.05, 0) is 36.4 Å². The number of carbonyl (C=O) groups is 4. The van der Waals surface area contributed by atoms with Crippen LogP contribution in [0.15, 0.2) is 72.6 Å². The maximum absolute atomic E-state index is 13.7. The summed E-state index contributed by atoms with van der Waals surface area (Å²) in [5.74, 6) is -3.67. The molecule has 0 unspecified atom stereocenters. The number of carbonyl (C=O) groups excluding carboxylic acids is 3. The number of esters is 1. The lowest BCUT2D eigenvalue weighted by atomic mass is 10.1. The first kappa shape index (κ1) is 43.0. The molecule has 16 heteroatoms. The number of benzene rings is 2. The normalized spacial score (nSPS) is 17.0. The molecule has 0 spiro atoms. The van der Waals surface area contributed by atoms with Gasteiger partial charge in [0.05, 0.1) is 18.2 Å². The van der Waals surface area contributed by atoms with Crippen LogP contribution in [-0.2, 0) is 23.8 Å². The van der Waals surface area contributed by atoms with E-state index < -0.39 is 63.6 Å². The molecule has 0 saturated heterocycles. The lowest BCUT2D eigenvalue weighted by molar-refractivity contribution is -0.145. The zero-order chi connectivity index (χ0) is 39.3. The average molecular weight is 777 g/mol. The van der Waals surface area contributed by atoms with Gasteiger partial charge in [-0.2, -0.15) is 0 Å². The largest absolute Gasteiger partial charge is 0.480 e. The van der Waals surface area contributed by atoms with Crippen molar-refractivity contribution in [1.82, 2.24) is 9.80 Å². The van der Waals surface area contributed by atoms with Crippen molar-refractivity contribution in [2.75, 3.05) is 33.9 Å². The predicted molar refractivity (Wildman–Crippen MR) is 199 cm³/mol. The molecule has 0 aromatic heterocycles. The van der Waals surface area contributed by atoms with Crippen LogP contribution in [-0.4, -0.2) is 101 Å². The molecule has 2 aliphatic rings. The highest BCUT2D eigenvalue weighted by molar-refractivity contribution is 6.76. The number of hydrogen-bond donors (Lipinski definition) is 1. The zero-order valence-corrected chi connectivity index (χ0v) is 33.4. The van der Waals surface area contributed by atoms with Gasteiger partial charge in [0.25, 0.3) is 11.8 Å². The molecule has 2 aliphatic heterocycles. The fourth-order valence-corrected chi connectivity index (χ4v) is 6.51. The van der Waals surface area contributed by atoms with E-state index in [1.54, 1.807) is 42.5 Å². The number of halogens is 2. The summed E-state index contributed by atoms with van der Waals surface area (Å²) in [5.41, 5.74) is 0.393. The van der Waals surface area contributed by atoms with Gasteiger partial charge in [-0.15, -0.1) is 0 Å². The Bertz CT molecular complexity index is 1660. The molecule has 2 amide bonds. The number of ether oxygens (including phenoxy) is 5. The Hall–Kier alpha value is -4.39. The molecule has 2 atom stereocenters. The van der Waals surface area contributed by atoms with Crippen molar-refractivity contribution in [1.29, 1.82) is 0 Å². The molecule has 12 nitrogen and oxygen atoms in total. The van der Waals surface area contributed by atoms with E-state index in [0.29, 0.717) is 19.0 Å². The third kappa shape index (κ3) is 13.5.